The third-order valence-corrected chi connectivity index (χ3v) is 3.40. The van der Waals surface area contributed by atoms with E-state index in [2.05, 4.69) is 26.8 Å². The van der Waals surface area contributed by atoms with E-state index < -0.39 is 0 Å². The van der Waals surface area contributed by atoms with Crippen molar-refractivity contribution in [3.05, 3.63) is 35.5 Å². The summed E-state index contributed by atoms with van der Waals surface area (Å²) in [5.41, 5.74) is 8.89. The van der Waals surface area contributed by atoms with Gasteiger partial charge in [0.1, 0.15) is 5.75 Å². The van der Waals surface area contributed by atoms with Crippen molar-refractivity contribution in [2.45, 2.75) is 26.2 Å². The fourth-order valence-corrected chi connectivity index (χ4v) is 1.98. The van der Waals surface area contributed by atoms with Crippen LogP contribution in [-0.2, 0) is 5.41 Å². The molecule has 2 rings (SSSR count). The van der Waals surface area contributed by atoms with E-state index in [0.29, 0.717) is 6.54 Å². The molecule has 2 aromatic rings. The van der Waals surface area contributed by atoms with Crippen LogP contribution in [0.3, 0.4) is 0 Å². The van der Waals surface area contributed by atoms with Crippen molar-refractivity contribution in [1.29, 1.82) is 0 Å². The van der Waals surface area contributed by atoms with Crippen LogP contribution in [0.15, 0.2) is 24.3 Å². The van der Waals surface area contributed by atoms with Crippen LogP contribution in [0.2, 0.25) is 0 Å². The van der Waals surface area contributed by atoms with Gasteiger partial charge in [-0.25, -0.2) is 0 Å². The van der Waals surface area contributed by atoms with E-state index in [1.54, 1.807) is 7.11 Å². The fourth-order valence-electron chi connectivity index (χ4n) is 1.98. The lowest BCUT2D eigenvalue weighted by molar-refractivity contribution is 0.415. The average Bonchev–Trinajstić information content (AvgIpc) is 2.38. The molecule has 0 saturated heterocycles. The van der Waals surface area contributed by atoms with E-state index in [0.717, 1.165) is 27.9 Å². The molecule has 0 bridgehead atoms. The summed E-state index contributed by atoms with van der Waals surface area (Å²) < 4.78 is 5.27. The molecular formula is C15H20N2O. The number of hydrogen-bond acceptors (Lipinski definition) is 3. The maximum absolute atomic E-state index is 5.81. The van der Waals surface area contributed by atoms with E-state index in [9.17, 15) is 0 Å². The summed E-state index contributed by atoms with van der Waals surface area (Å²) in [5.74, 6) is 0.868. The second-order valence-corrected chi connectivity index (χ2v) is 5.30. The molecule has 1 aromatic carbocycles. The summed E-state index contributed by atoms with van der Waals surface area (Å²) >= 11 is 0. The van der Waals surface area contributed by atoms with Gasteiger partial charge in [-0.2, -0.15) is 0 Å². The Bertz CT molecular complexity index is 576. The number of ether oxygens (including phenoxy) is 1. The van der Waals surface area contributed by atoms with Gasteiger partial charge < -0.3 is 10.5 Å². The molecule has 0 amide bonds. The van der Waals surface area contributed by atoms with Gasteiger partial charge in [0.15, 0.2) is 0 Å². The zero-order valence-corrected chi connectivity index (χ0v) is 11.4. The van der Waals surface area contributed by atoms with E-state index in [-0.39, 0.29) is 5.41 Å². The first kappa shape index (κ1) is 12.8. The molecule has 1 heterocycles. The number of benzene rings is 1. The highest BCUT2D eigenvalue weighted by Gasteiger charge is 2.20. The maximum Gasteiger partial charge on any atom is 0.119 e. The number of aryl methyl sites for hydroxylation is 1. The smallest absolute Gasteiger partial charge is 0.119 e. The van der Waals surface area contributed by atoms with Gasteiger partial charge in [-0.15, -0.1) is 0 Å². The highest BCUT2D eigenvalue weighted by Crippen LogP contribution is 2.27. The lowest BCUT2D eigenvalue weighted by atomic mass is 9.88. The van der Waals surface area contributed by atoms with Gasteiger partial charge in [0, 0.05) is 23.0 Å². The Morgan fingerprint density at radius 3 is 2.61 bits per heavy atom. The van der Waals surface area contributed by atoms with Crippen LogP contribution in [-0.4, -0.2) is 18.6 Å². The van der Waals surface area contributed by atoms with Crippen molar-refractivity contribution < 1.29 is 4.74 Å². The molecule has 0 unspecified atom stereocenters. The summed E-state index contributed by atoms with van der Waals surface area (Å²) in [6.45, 7) is 6.86. The number of pyridine rings is 1. The van der Waals surface area contributed by atoms with Gasteiger partial charge in [-0.05, 0) is 30.7 Å². The van der Waals surface area contributed by atoms with E-state index in [4.69, 9.17) is 15.5 Å². The first-order valence-electron chi connectivity index (χ1n) is 6.14. The average molecular weight is 244 g/mol. The molecule has 0 aliphatic carbocycles. The highest BCUT2D eigenvalue weighted by molar-refractivity contribution is 5.83. The van der Waals surface area contributed by atoms with E-state index in [1.807, 2.05) is 18.2 Å². The molecule has 3 nitrogen and oxygen atoms in total. The van der Waals surface area contributed by atoms with Crippen LogP contribution in [0.25, 0.3) is 10.9 Å². The SMILES string of the molecule is COc1cc(C)c2nc(C(C)(C)CN)ccc2c1. The van der Waals surface area contributed by atoms with Gasteiger partial charge in [-0.1, -0.05) is 19.9 Å². The van der Waals surface area contributed by atoms with Crippen LogP contribution in [0.5, 0.6) is 5.75 Å². The maximum atomic E-state index is 5.81. The lowest BCUT2D eigenvalue weighted by Crippen LogP contribution is -2.29. The Balaban J connectivity index is 2.62. The largest absolute Gasteiger partial charge is 0.497 e. The number of methoxy groups -OCH3 is 1. The number of nitrogens with two attached hydrogens (primary N) is 1. The molecule has 0 fully saturated rings. The zero-order chi connectivity index (χ0) is 13.3. The predicted molar refractivity (Wildman–Crippen MR) is 75.1 cm³/mol. The topological polar surface area (TPSA) is 48.1 Å². The van der Waals surface area contributed by atoms with Crippen molar-refractivity contribution in [3.63, 3.8) is 0 Å². The highest BCUT2D eigenvalue weighted by atomic mass is 16.5. The van der Waals surface area contributed by atoms with Crippen LogP contribution in [0.4, 0.5) is 0 Å². The summed E-state index contributed by atoms with van der Waals surface area (Å²) in [6.07, 6.45) is 0. The second kappa shape index (κ2) is 4.58. The molecule has 1 aromatic heterocycles. The minimum atomic E-state index is -0.0967. The van der Waals surface area contributed by atoms with Crippen LogP contribution in [0.1, 0.15) is 25.1 Å². The van der Waals surface area contributed by atoms with Crippen LogP contribution >= 0.6 is 0 Å². The molecule has 0 aliphatic rings. The minimum absolute atomic E-state index is 0.0967. The summed E-state index contributed by atoms with van der Waals surface area (Å²) in [5, 5.41) is 1.10. The second-order valence-electron chi connectivity index (χ2n) is 5.30. The molecule has 2 N–H and O–H groups in total. The van der Waals surface area contributed by atoms with Gasteiger partial charge in [0.25, 0.3) is 0 Å². The standard InChI is InChI=1S/C15H20N2O/c1-10-7-12(18-4)8-11-5-6-13(17-14(10)11)15(2,3)9-16/h5-8H,9,16H2,1-4H3. The minimum Gasteiger partial charge on any atom is -0.497 e. The Morgan fingerprint density at radius 1 is 1.28 bits per heavy atom. The third-order valence-electron chi connectivity index (χ3n) is 3.40. The summed E-state index contributed by atoms with van der Waals surface area (Å²) in [4.78, 5) is 4.76. The molecule has 0 aliphatic heterocycles. The zero-order valence-electron chi connectivity index (χ0n) is 11.4. The van der Waals surface area contributed by atoms with Crippen LogP contribution < -0.4 is 10.5 Å². The number of hydrogen-bond donors (Lipinski definition) is 1. The first-order valence-corrected chi connectivity index (χ1v) is 6.14. The monoisotopic (exact) mass is 244 g/mol. The van der Waals surface area contributed by atoms with Crippen molar-refractivity contribution in [2.75, 3.05) is 13.7 Å². The number of nitrogens with zero attached hydrogens (tertiary/aromatic N) is 1. The number of fused-ring (bicyclic) bond motifs is 1. The first-order chi connectivity index (χ1) is 8.47. The molecule has 3 heteroatoms. The Hall–Kier alpha value is -1.61. The molecule has 18 heavy (non-hydrogen) atoms. The molecule has 0 saturated carbocycles. The predicted octanol–water partition coefficient (Wildman–Crippen LogP) is 2.79. The van der Waals surface area contributed by atoms with E-state index >= 15 is 0 Å². The lowest BCUT2D eigenvalue weighted by Gasteiger charge is -2.22. The van der Waals surface area contributed by atoms with E-state index in [1.165, 1.54) is 0 Å². The third kappa shape index (κ3) is 2.18. The summed E-state index contributed by atoms with van der Waals surface area (Å²) in [7, 11) is 1.68. The fraction of sp³-hybridized carbons (Fsp3) is 0.400. The molecule has 96 valence electrons. The van der Waals surface area contributed by atoms with Crippen molar-refractivity contribution >= 4 is 10.9 Å². The Kier molecular flexibility index (Phi) is 3.26. The van der Waals surface area contributed by atoms with Crippen LogP contribution in [0, 0.1) is 6.92 Å². The van der Waals surface area contributed by atoms with Gasteiger partial charge in [0.05, 0.1) is 12.6 Å². The van der Waals surface area contributed by atoms with Crippen molar-refractivity contribution in [2.24, 2.45) is 5.73 Å². The molecule has 0 atom stereocenters. The van der Waals surface area contributed by atoms with Gasteiger partial charge in [-0.3, -0.25) is 4.98 Å². The van der Waals surface area contributed by atoms with Gasteiger partial charge in [0.2, 0.25) is 0 Å². The van der Waals surface area contributed by atoms with Crippen molar-refractivity contribution in [1.82, 2.24) is 4.98 Å². The molecule has 0 spiro atoms. The number of aromatic nitrogens is 1. The van der Waals surface area contributed by atoms with Gasteiger partial charge >= 0.3 is 0 Å². The Labute approximate surface area is 108 Å². The number of rotatable bonds is 3. The Morgan fingerprint density at radius 2 is 2.00 bits per heavy atom. The van der Waals surface area contributed by atoms with Crippen molar-refractivity contribution in [3.8, 4) is 5.75 Å². The molecule has 0 radical (unpaired) electrons. The quantitative estimate of drug-likeness (QED) is 0.903. The molecular weight excluding hydrogens is 224 g/mol. The normalized spacial score (nSPS) is 11.8. The summed E-state index contributed by atoms with van der Waals surface area (Å²) in [6, 6.07) is 8.15.